The van der Waals surface area contributed by atoms with E-state index >= 15 is 0 Å². The number of methoxy groups -OCH3 is 1. The van der Waals surface area contributed by atoms with Crippen molar-refractivity contribution >= 4 is 17.7 Å². The van der Waals surface area contributed by atoms with Crippen LogP contribution in [0, 0.1) is 0 Å². The Hall–Kier alpha value is -1.40. The van der Waals surface area contributed by atoms with E-state index in [2.05, 4.69) is 12.2 Å². The Bertz CT molecular complexity index is 523. The lowest BCUT2D eigenvalue weighted by Crippen LogP contribution is -2.33. The average molecular weight is 339 g/mol. The van der Waals surface area contributed by atoms with Crippen LogP contribution in [0.25, 0.3) is 0 Å². The molecule has 1 heterocycles. The monoisotopic (exact) mass is 339 g/mol. The van der Waals surface area contributed by atoms with Crippen LogP contribution in [0.3, 0.4) is 0 Å². The number of unbranched alkanes of at least 4 members (excludes halogenated alkanes) is 3. The fourth-order valence-electron chi connectivity index (χ4n) is 2.49. The maximum atomic E-state index is 11.1. The van der Waals surface area contributed by atoms with E-state index in [0.717, 1.165) is 17.7 Å². The predicted octanol–water partition coefficient (Wildman–Crippen LogP) is 3.44. The first-order valence-electron chi connectivity index (χ1n) is 8.07. The molecule has 0 amide bonds. The van der Waals surface area contributed by atoms with E-state index in [1.165, 1.54) is 19.3 Å². The van der Waals surface area contributed by atoms with Gasteiger partial charge in [-0.3, -0.25) is 10.1 Å². The lowest BCUT2D eigenvalue weighted by Gasteiger charge is -2.16. The molecule has 0 radical (unpaired) electrons. The Morgan fingerprint density at radius 2 is 2.17 bits per heavy atom. The molecule has 1 aromatic rings. The van der Waals surface area contributed by atoms with Crippen molar-refractivity contribution in [2.45, 2.75) is 44.0 Å². The van der Waals surface area contributed by atoms with Crippen molar-refractivity contribution in [3.8, 4) is 11.5 Å². The highest BCUT2D eigenvalue weighted by molar-refractivity contribution is 7.99. The van der Waals surface area contributed by atoms with Crippen LogP contribution in [0.1, 0.15) is 43.5 Å². The third-order valence-electron chi connectivity index (χ3n) is 3.83. The number of carboxylic acids is 1. The zero-order valence-corrected chi connectivity index (χ0v) is 14.5. The van der Waals surface area contributed by atoms with E-state index in [1.54, 1.807) is 18.9 Å². The van der Waals surface area contributed by atoms with Crippen LogP contribution < -0.4 is 14.8 Å². The van der Waals surface area contributed by atoms with Gasteiger partial charge in [0.05, 0.1) is 19.1 Å². The van der Waals surface area contributed by atoms with E-state index < -0.39 is 12.0 Å². The highest BCUT2D eigenvalue weighted by atomic mass is 32.2. The number of benzene rings is 1. The first-order valence-corrected chi connectivity index (χ1v) is 9.11. The number of hydrogen-bond donors (Lipinski definition) is 2. The van der Waals surface area contributed by atoms with Gasteiger partial charge in [0, 0.05) is 5.75 Å². The summed E-state index contributed by atoms with van der Waals surface area (Å²) in [7, 11) is 1.63. The van der Waals surface area contributed by atoms with Crippen molar-refractivity contribution in [3.63, 3.8) is 0 Å². The molecule has 6 heteroatoms. The van der Waals surface area contributed by atoms with Crippen molar-refractivity contribution in [1.29, 1.82) is 0 Å². The maximum absolute atomic E-state index is 11.1. The topological polar surface area (TPSA) is 67.8 Å². The van der Waals surface area contributed by atoms with E-state index in [1.807, 2.05) is 18.2 Å². The summed E-state index contributed by atoms with van der Waals surface area (Å²) in [5.74, 6) is 1.20. The van der Waals surface area contributed by atoms with Crippen molar-refractivity contribution in [3.05, 3.63) is 23.8 Å². The number of rotatable bonds is 9. The van der Waals surface area contributed by atoms with Gasteiger partial charge in [0.15, 0.2) is 11.5 Å². The average Bonchev–Trinajstić information content (AvgIpc) is 3.05. The third-order valence-corrected chi connectivity index (χ3v) is 5.09. The fraction of sp³-hybridized carbons (Fsp3) is 0.588. The van der Waals surface area contributed by atoms with E-state index in [9.17, 15) is 4.79 Å². The number of hydrogen-bond acceptors (Lipinski definition) is 5. The molecule has 0 aromatic heterocycles. The molecule has 23 heavy (non-hydrogen) atoms. The highest BCUT2D eigenvalue weighted by Crippen LogP contribution is 2.37. The summed E-state index contributed by atoms with van der Waals surface area (Å²) in [6.07, 6.45) is 4.62. The Labute approximate surface area is 141 Å². The molecule has 128 valence electrons. The van der Waals surface area contributed by atoms with Gasteiger partial charge in [-0.1, -0.05) is 32.3 Å². The fourth-order valence-corrected chi connectivity index (χ4v) is 3.71. The minimum absolute atomic E-state index is 0.0237. The van der Waals surface area contributed by atoms with Crippen molar-refractivity contribution in [2.75, 3.05) is 19.5 Å². The molecule has 2 rings (SSSR count). The highest BCUT2D eigenvalue weighted by Gasteiger charge is 2.30. The molecule has 5 nitrogen and oxygen atoms in total. The minimum Gasteiger partial charge on any atom is -0.493 e. The van der Waals surface area contributed by atoms with Crippen molar-refractivity contribution in [1.82, 2.24) is 5.32 Å². The second-order valence-corrected chi connectivity index (χ2v) is 6.73. The number of thioether (sulfide) groups is 1. The van der Waals surface area contributed by atoms with Gasteiger partial charge >= 0.3 is 5.97 Å². The Kier molecular flexibility index (Phi) is 7.05. The van der Waals surface area contributed by atoms with Gasteiger partial charge in [-0.2, -0.15) is 0 Å². The molecule has 0 spiro atoms. The van der Waals surface area contributed by atoms with Gasteiger partial charge in [0.25, 0.3) is 0 Å². The van der Waals surface area contributed by atoms with Crippen LogP contribution >= 0.6 is 11.8 Å². The van der Waals surface area contributed by atoms with Gasteiger partial charge in [0.2, 0.25) is 0 Å². The van der Waals surface area contributed by atoms with Crippen LogP contribution in [-0.4, -0.2) is 36.6 Å². The standard InChI is InChI=1S/C17H25NO4S/c1-3-4-5-6-9-22-15-10-12(7-8-14(15)21-2)16-18-13(11-23-16)17(19)20/h7-8,10,13,16,18H,3-6,9,11H2,1-2H3,(H,19,20). The number of aliphatic carboxylic acids is 1. The Morgan fingerprint density at radius 3 is 2.83 bits per heavy atom. The molecule has 0 saturated carbocycles. The second kappa shape index (κ2) is 9.03. The van der Waals surface area contributed by atoms with Crippen molar-refractivity contribution < 1.29 is 19.4 Å². The Balaban J connectivity index is 1.99. The largest absolute Gasteiger partial charge is 0.493 e. The van der Waals surface area contributed by atoms with E-state index in [0.29, 0.717) is 18.1 Å². The molecule has 1 aromatic carbocycles. The van der Waals surface area contributed by atoms with Crippen LogP contribution in [0.4, 0.5) is 0 Å². The molecular formula is C17H25NO4S. The van der Waals surface area contributed by atoms with Gasteiger partial charge in [0.1, 0.15) is 6.04 Å². The van der Waals surface area contributed by atoms with Gasteiger partial charge in [-0.05, 0) is 24.1 Å². The predicted molar refractivity (Wildman–Crippen MR) is 92.4 cm³/mol. The molecular weight excluding hydrogens is 314 g/mol. The molecule has 0 aliphatic carbocycles. The molecule has 1 aliphatic heterocycles. The van der Waals surface area contributed by atoms with E-state index in [-0.39, 0.29) is 5.37 Å². The Morgan fingerprint density at radius 1 is 1.35 bits per heavy atom. The summed E-state index contributed by atoms with van der Waals surface area (Å²) in [5, 5.41) is 12.2. The second-order valence-electron chi connectivity index (χ2n) is 5.59. The number of nitrogens with one attached hydrogen (secondary N) is 1. The summed E-state index contributed by atoms with van der Waals surface area (Å²) in [6, 6.07) is 5.30. The van der Waals surface area contributed by atoms with Gasteiger partial charge in [-0.25, -0.2) is 0 Å². The summed E-state index contributed by atoms with van der Waals surface area (Å²) in [4.78, 5) is 11.1. The zero-order valence-electron chi connectivity index (χ0n) is 13.7. The van der Waals surface area contributed by atoms with Gasteiger partial charge in [-0.15, -0.1) is 11.8 Å². The smallest absolute Gasteiger partial charge is 0.321 e. The lowest BCUT2D eigenvalue weighted by atomic mass is 10.2. The first kappa shape index (κ1) is 17.9. The summed E-state index contributed by atoms with van der Waals surface area (Å²) in [6.45, 7) is 2.85. The van der Waals surface area contributed by atoms with Crippen LogP contribution in [0.2, 0.25) is 0 Å². The number of ether oxygens (including phenoxy) is 2. The SMILES string of the molecule is CCCCCCOc1cc(C2NC(C(=O)O)CS2)ccc1OC. The third kappa shape index (κ3) is 5.04. The number of carbonyl (C=O) groups is 1. The minimum atomic E-state index is -0.805. The summed E-state index contributed by atoms with van der Waals surface area (Å²) < 4.78 is 11.2. The summed E-state index contributed by atoms with van der Waals surface area (Å²) >= 11 is 1.60. The molecule has 2 atom stereocenters. The van der Waals surface area contributed by atoms with E-state index in [4.69, 9.17) is 14.6 Å². The quantitative estimate of drug-likeness (QED) is 0.672. The van der Waals surface area contributed by atoms with Crippen LogP contribution in [0.5, 0.6) is 11.5 Å². The molecule has 2 N–H and O–H groups in total. The van der Waals surface area contributed by atoms with Crippen LogP contribution in [0.15, 0.2) is 18.2 Å². The molecule has 1 aliphatic rings. The first-order chi connectivity index (χ1) is 11.2. The normalized spacial score (nSPS) is 20.4. The van der Waals surface area contributed by atoms with Crippen molar-refractivity contribution in [2.24, 2.45) is 0 Å². The van der Waals surface area contributed by atoms with Crippen LogP contribution in [-0.2, 0) is 4.79 Å². The molecule has 2 unspecified atom stereocenters. The molecule has 0 bridgehead atoms. The lowest BCUT2D eigenvalue weighted by molar-refractivity contribution is -0.138. The molecule has 1 fully saturated rings. The van der Waals surface area contributed by atoms with Gasteiger partial charge < -0.3 is 14.6 Å². The number of carboxylic acid groups (broad SMARTS) is 1. The maximum Gasteiger partial charge on any atom is 0.321 e. The zero-order chi connectivity index (χ0) is 16.7. The summed E-state index contributed by atoms with van der Waals surface area (Å²) in [5.41, 5.74) is 1.02. The molecule has 1 saturated heterocycles.